The fourth-order valence-electron chi connectivity index (χ4n) is 4.47. The van der Waals surface area contributed by atoms with E-state index < -0.39 is 5.66 Å². The van der Waals surface area contributed by atoms with Crippen LogP contribution in [0.25, 0.3) is 0 Å². The SMILES string of the molecule is O=C1c2ccccc2[C@]2(c3ccccc3)N1CCN2C(=S)Nc1cccc(Cl)c1. The molecular formula is C23H18ClN3OS. The first kappa shape index (κ1) is 18.2. The smallest absolute Gasteiger partial charge is 0.256 e. The molecule has 2 aliphatic heterocycles. The van der Waals surface area contributed by atoms with E-state index in [2.05, 4.69) is 22.3 Å². The average Bonchev–Trinajstić information content (AvgIpc) is 3.25. The zero-order valence-electron chi connectivity index (χ0n) is 15.5. The van der Waals surface area contributed by atoms with Gasteiger partial charge in [0, 0.05) is 40.5 Å². The summed E-state index contributed by atoms with van der Waals surface area (Å²) in [7, 11) is 0. The van der Waals surface area contributed by atoms with Gasteiger partial charge in [0.2, 0.25) is 0 Å². The van der Waals surface area contributed by atoms with Gasteiger partial charge in [-0.05, 0) is 36.5 Å². The fourth-order valence-corrected chi connectivity index (χ4v) is 5.00. The Labute approximate surface area is 179 Å². The van der Waals surface area contributed by atoms with Crippen molar-refractivity contribution in [1.82, 2.24) is 9.80 Å². The summed E-state index contributed by atoms with van der Waals surface area (Å²) < 4.78 is 0. The van der Waals surface area contributed by atoms with Crippen LogP contribution in [0.4, 0.5) is 5.69 Å². The van der Waals surface area contributed by atoms with Crippen molar-refractivity contribution in [2.24, 2.45) is 0 Å². The van der Waals surface area contributed by atoms with E-state index in [0.29, 0.717) is 23.2 Å². The molecule has 0 aromatic heterocycles. The molecular weight excluding hydrogens is 402 g/mol. The Morgan fingerprint density at radius 2 is 1.72 bits per heavy atom. The van der Waals surface area contributed by atoms with Gasteiger partial charge in [0.1, 0.15) is 0 Å². The van der Waals surface area contributed by atoms with E-state index in [-0.39, 0.29) is 5.91 Å². The minimum atomic E-state index is -0.752. The fraction of sp³-hybridized carbons (Fsp3) is 0.130. The molecule has 0 aliphatic carbocycles. The summed E-state index contributed by atoms with van der Waals surface area (Å²) in [6, 6.07) is 25.4. The molecule has 0 saturated carbocycles. The molecule has 2 aliphatic rings. The van der Waals surface area contributed by atoms with Gasteiger partial charge >= 0.3 is 0 Å². The van der Waals surface area contributed by atoms with E-state index in [1.54, 1.807) is 0 Å². The summed E-state index contributed by atoms with van der Waals surface area (Å²) in [5.41, 5.74) is 2.78. The maximum Gasteiger partial charge on any atom is 0.256 e. The number of nitrogens with zero attached hydrogens (tertiary/aromatic N) is 2. The van der Waals surface area contributed by atoms with Crippen molar-refractivity contribution >= 4 is 40.5 Å². The summed E-state index contributed by atoms with van der Waals surface area (Å²) in [5, 5.41) is 4.51. The first-order valence-corrected chi connectivity index (χ1v) is 10.2. The van der Waals surface area contributed by atoms with E-state index >= 15 is 0 Å². The van der Waals surface area contributed by atoms with Crippen molar-refractivity contribution in [2.45, 2.75) is 5.66 Å². The summed E-state index contributed by atoms with van der Waals surface area (Å²) in [6.07, 6.45) is 0. The highest BCUT2D eigenvalue weighted by Crippen LogP contribution is 2.49. The molecule has 3 aromatic rings. The quantitative estimate of drug-likeness (QED) is 0.610. The highest BCUT2D eigenvalue weighted by Gasteiger charge is 2.58. The van der Waals surface area contributed by atoms with Crippen molar-refractivity contribution in [3.05, 3.63) is 101 Å². The molecule has 5 rings (SSSR count). The highest BCUT2D eigenvalue weighted by atomic mass is 35.5. The average molecular weight is 420 g/mol. The van der Waals surface area contributed by atoms with Crippen molar-refractivity contribution < 1.29 is 4.79 Å². The van der Waals surface area contributed by atoms with Crippen molar-refractivity contribution in [3.63, 3.8) is 0 Å². The number of carbonyl (C=O) groups excluding carboxylic acids is 1. The Morgan fingerprint density at radius 3 is 2.52 bits per heavy atom. The molecule has 0 unspecified atom stereocenters. The first-order valence-electron chi connectivity index (χ1n) is 9.43. The molecule has 1 saturated heterocycles. The van der Waals surface area contributed by atoms with Crippen molar-refractivity contribution in [2.75, 3.05) is 18.4 Å². The minimum Gasteiger partial charge on any atom is -0.332 e. The highest BCUT2D eigenvalue weighted by molar-refractivity contribution is 7.80. The number of hydrogen-bond donors (Lipinski definition) is 1. The Bertz CT molecular complexity index is 1120. The van der Waals surface area contributed by atoms with E-state index in [0.717, 1.165) is 22.4 Å². The molecule has 0 spiro atoms. The Balaban J connectivity index is 1.65. The van der Waals surface area contributed by atoms with E-state index in [4.69, 9.17) is 23.8 Å². The van der Waals surface area contributed by atoms with Gasteiger partial charge in [0.05, 0.1) is 0 Å². The number of halogens is 1. The zero-order chi connectivity index (χ0) is 20.0. The lowest BCUT2D eigenvalue weighted by atomic mass is 9.90. The van der Waals surface area contributed by atoms with Gasteiger partial charge < -0.3 is 15.1 Å². The van der Waals surface area contributed by atoms with E-state index in [9.17, 15) is 4.79 Å². The van der Waals surface area contributed by atoms with Crippen LogP contribution in [-0.2, 0) is 5.66 Å². The van der Waals surface area contributed by atoms with Gasteiger partial charge in [-0.25, -0.2) is 0 Å². The van der Waals surface area contributed by atoms with Gasteiger partial charge in [-0.3, -0.25) is 4.79 Å². The first-order chi connectivity index (χ1) is 14.1. The van der Waals surface area contributed by atoms with Gasteiger partial charge in [0.15, 0.2) is 10.8 Å². The van der Waals surface area contributed by atoms with Crippen LogP contribution in [0.15, 0.2) is 78.9 Å². The van der Waals surface area contributed by atoms with Gasteiger partial charge in [-0.2, -0.15) is 0 Å². The van der Waals surface area contributed by atoms with Crippen LogP contribution < -0.4 is 5.32 Å². The summed E-state index contributed by atoms with van der Waals surface area (Å²) in [5.74, 6) is 0.0394. The molecule has 3 aromatic carbocycles. The number of nitrogens with one attached hydrogen (secondary N) is 1. The molecule has 1 N–H and O–H groups in total. The maximum atomic E-state index is 13.2. The predicted molar refractivity (Wildman–Crippen MR) is 119 cm³/mol. The zero-order valence-corrected chi connectivity index (χ0v) is 17.1. The third-order valence-electron chi connectivity index (χ3n) is 5.60. The van der Waals surface area contributed by atoms with Crippen LogP contribution in [0.1, 0.15) is 21.5 Å². The molecule has 144 valence electrons. The normalized spacial score (nSPS) is 19.8. The predicted octanol–water partition coefficient (Wildman–Crippen LogP) is 4.71. The lowest BCUT2D eigenvalue weighted by Crippen LogP contribution is -2.52. The van der Waals surface area contributed by atoms with E-state index in [1.165, 1.54) is 0 Å². The van der Waals surface area contributed by atoms with Gasteiger partial charge in [0.25, 0.3) is 5.91 Å². The number of fused-ring (bicyclic) bond motifs is 3. The lowest BCUT2D eigenvalue weighted by Gasteiger charge is -2.41. The molecule has 1 atom stereocenters. The number of thiocarbonyl (C=S) groups is 1. The van der Waals surface area contributed by atoms with E-state index in [1.807, 2.05) is 71.6 Å². The number of carbonyl (C=O) groups is 1. The minimum absolute atomic E-state index is 0.0394. The second-order valence-corrected chi connectivity index (χ2v) is 7.96. The molecule has 4 nitrogen and oxygen atoms in total. The number of benzene rings is 3. The Morgan fingerprint density at radius 1 is 0.966 bits per heavy atom. The number of rotatable bonds is 2. The van der Waals surface area contributed by atoms with Crippen LogP contribution in [-0.4, -0.2) is 33.9 Å². The molecule has 1 fully saturated rings. The second kappa shape index (κ2) is 6.87. The number of amides is 1. The van der Waals surface area contributed by atoms with Crippen LogP contribution in [0, 0.1) is 0 Å². The van der Waals surface area contributed by atoms with Gasteiger partial charge in [-0.15, -0.1) is 0 Å². The standard InChI is InChI=1S/C23H18ClN3OS/c24-17-9-6-10-18(15-17)25-22(29)27-14-13-26-21(28)19-11-4-5-12-20(19)23(26,27)16-7-2-1-3-8-16/h1-12,15H,13-14H2,(H,25,29)/t23-/m1/s1. The largest absolute Gasteiger partial charge is 0.332 e. The van der Waals surface area contributed by atoms with Crippen molar-refractivity contribution in [1.29, 1.82) is 0 Å². The second-order valence-electron chi connectivity index (χ2n) is 7.13. The maximum absolute atomic E-state index is 13.2. The summed E-state index contributed by atoms with van der Waals surface area (Å²) >= 11 is 12.0. The molecule has 6 heteroatoms. The third kappa shape index (κ3) is 2.65. The van der Waals surface area contributed by atoms with Gasteiger partial charge in [-0.1, -0.05) is 66.2 Å². The van der Waals surface area contributed by atoms with Crippen LogP contribution >= 0.6 is 23.8 Å². The molecule has 1 amide bonds. The number of anilines is 1. The van der Waals surface area contributed by atoms with Crippen LogP contribution in [0.3, 0.4) is 0 Å². The summed E-state index contributed by atoms with van der Waals surface area (Å²) in [6.45, 7) is 1.24. The van der Waals surface area contributed by atoms with Crippen LogP contribution in [0.5, 0.6) is 0 Å². The summed E-state index contributed by atoms with van der Waals surface area (Å²) in [4.78, 5) is 17.3. The molecule has 0 radical (unpaired) electrons. The topological polar surface area (TPSA) is 35.6 Å². The Kier molecular flexibility index (Phi) is 4.30. The molecule has 0 bridgehead atoms. The van der Waals surface area contributed by atoms with Crippen molar-refractivity contribution in [3.8, 4) is 0 Å². The third-order valence-corrected chi connectivity index (χ3v) is 6.16. The molecule has 29 heavy (non-hydrogen) atoms. The number of hydrogen-bond acceptors (Lipinski definition) is 2. The van der Waals surface area contributed by atoms with Crippen LogP contribution in [0.2, 0.25) is 5.02 Å². The Hall–Kier alpha value is -2.89. The molecule has 2 heterocycles. The monoisotopic (exact) mass is 419 g/mol. The lowest BCUT2D eigenvalue weighted by molar-refractivity contribution is 0.0604.